The van der Waals surface area contributed by atoms with Crippen LogP contribution in [0.4, 0.5) is 0 Å². The van der Waals surface area contributed by atoms with E-state index >= 15 is 0 Å². The molecular formula is C18H33N3O3. The number of likely N-dealkylation sites (tertiary alicyclic amines) is 2. The summed E-state index contributed by atoms with van der Waals surface area (Å²) in [6.45, 7) is 8.56. The molecule has 0 spiro atoms. The lowest BCUT2D eigenvalue weighted by molar-refractivity contribution is -0.145. The molecule has 2 rings (SSSR count). The normalized spacial score (nSPS) is 24.7. The summed E-state index contributed by atoms with van der Waals surface area (Å²) in [7, 11) is 3.63. The number of nitrogens with zero attached hydrogens (tertiary/aromatic N) is 3. The molecule has 2 aliphatic rings. The number of carbonyl (C=O) groups is 2. The number of likely N-dealkylation sites (N-methyl/N-ethyl adjacent to an activating group) is 1. The summed E-state index contributed by atoms with van der Waals surface area (Å²) in [6.07, 6.45) is 2.46. The summed E-state index contributed by atoms with van der Waals surface area (Å²) in [6, 6.07) is 0.323. The Morgan fingerprint density at radius 2 is 2.12 bits per heavy atom. The van der Waals surface area contributed by atoms with Crippen LogP contribution in [0.15, 0.2) is 0 Å². The van der Waals surface area contributed by atoms with Crippen LogP contribution in [0, 0.1) is 11.8 Å². The van der Waals surface area contributed by atoms with Gasteiger partial charge in [-0.3, -0.25) is 14.5 Å². The maximum atomic E-state index is 12.5. The SMILES string of the molecule is COCCN(C)CC(=O)N1CC[C@@H]2[C@@H](CCC(=O)N2CC(C)C)C1. The Morgan fingerprint density at radius 1 is 1.38 bits per heavy atom. The van der Waals surface area contributed by atoms with Crippen LogP contribution in [-0.2, 0) is 14.3 Å². The molecule has 2 heterocycles. The van der Waals surface area contributed by atoms with Crippen molar-refractivity contribution >= 4 is 11.8 Å². The molecule has 0 bridgehead atoms. The molecule has 0 aromatic carbocycles. The van der Waals surface area contributed by atoms with Crippen LogP contribution in [0.3, 0.4) is 0 Å². The highest BCUT2D eigenvalue weighted by atomic mass is 16.5. The van der Waals surface area contributed by atoms with Crippen molar-refractivity contribution in [1.82, 2.24) is 14.7 Å². The van der Waals surface area contributed by atoms with E-state index in [1.807, 2.05) is 16.8 Å². The third-order valence-corrected chi connectivity index (χ3v) is 5.14. The van der Waals surface area contributed by atoms with E-state index in [1.165, 1.54) is 0 Å². The first-order valence-electron chi connectivity index (χ1n) is 9.17. The van der Waals surface area contributed by atoms with Crippen LogP contribution in [0.25, 0.3) is 0 Å². The second-order valence-electron chi connectivity index (χ2n) is 7.67. The van der Waals surface area contributed by atoms with Crippen molar-refractivity contribution in [3.63, 3.8) is 0 Å². The maximum Gasteiger partial charge on any atom is 0.236 e. The Morgan fingerprint density at radius 3 is 2.79 bits per heavy atom. The number of ether oxygens (including phenoxy) is 1. The molecule has 0 aliphatic carbocycles. The first-order valence-corrected chi connectivity index (χ1v) is 9.17. The van der Waals surface area contributed by atoms with Gasteiger partial charge in [-0.05, 0) is 31.7 Å². The van der Waals surface area contributed by atoms with E-state index in [4.69, 9.17) is 4.74 Å². The van der Waals surface area contributed by atoms with Gasteiger partial charge in [0.1, 0.15) is 0 Å². The zero-order valence-corrected chi connectivity index (χ0v) is 15.7. The Hall–Kier alpha value is -1.14. The Balaban J connectivity index is 1.89. The molecule has 6 heteroatoms. The largest absolute Gasteiger partial charge is 0.383 e. The average molecular weight is 339 g/mol. The molecule has 2 saturated heterocycles. The van der Waals surface area contributed by atoms with E-state index in [2.05, 4.69) is 18.7 Å². The predicted molar refractivity (Wildman–Crippen MR) is 93.6 cm³/mol. The van der Waals surface area contributed by atoms with Gasteiger partial charge < -0.3 is 14.5 Å². The van der Waals surface area contributed by atoms with E-state index in [1.54, 1.807) is 7.11 Å². The van der Waals surface area contributed by atoms with Crippen molar-refractivity contribution in [3.8, 4) is 0 Å². The molecule has 0 unspecified atom stereocenters. The molecule has 0 aromatic rings. The minimum Gasteiger partial charge on any atom is -0.383 e. The summed E-state index contributed by atoms with van der Waals surface area (Å²) in [5.41, 5.74) is 0. The molecule has 2 atom stereocenters. The standard InChI is InChI=1S/C18H33N3O3/c1-14(2)11-21-16-7-8-20(12-15(16)5-6-17(21)22)18(23)13-19(3)9-10-24-4/h14-16H,5-13H2,1-4H3/t15-,16+/m0/s1. The molecule has 2 aliphatic heterocycles. The highest BCUT2D eigenvalue weighted by Crippen LogP contribution is 2.31. The molecule has 6 nitrogen and oxygen atoms in total. The van der Waals surface area contributed by atoms with Gasteiger partial charge in [-0.1, -0.05) is 13.8 Å². The zero-order chi connectivity index (χ0) is 17.7. The smallest absolute Gasteiger partial charge is 0.236 e. The minimum absolute atomic E-state index is 0.194. The molecule has 0 aromatic heterocycles. The van der Waals surface area contributed by atoms with Gasteiger partial charge in [0.05, 0.1) is 13.2 Å². The fourth-order valence-electron chi connectivity index (χ4n) is 3.87. The molecule has 0 radical (unpaired) electrons. The summed E-state index contributed by atoms with van der Waals surface area (Å²) in [4.78, 5) is 30.9. The molecule has 2 amide bonds. The first-order chi connectivity index (χ1) is 11.4. The van der Waals surface area contributed by atoms with Crippen LogP contribution in [0.2, 0.25) is 0 Å². The van der Waals surface area contributed by atoms with Gasteiger partial charge in [-0.15, -0.1) is 0 Å². The average Bonchev–Trinajstić information content (AvgIpc) is 2.54. The van der Waals surface area contributed by atoms with E-state index < -0.39 is 0 Å². The van der Waals surface area contributed by atoms with Gasteiger partial charge in [-0.2, -0.15) is 0 Å². The molecule has 0 saturated carbocycles. The lowest BCUT2D eigenvalue weighted by Crippen LogP contribution is -2.58. The highest BCUT2D eigenvalue weighted by Gasteiger charge is 2.40. The van der Waals surface area contributed by atoms with Crippen LogP contribution in [-0.4, -0.2) is 86.0 Å². The van der Waals surface area contributed by atoms with Crippen molar-refractivity contribution in [2.45, 2.75) is 39.2 Å². The second-order valence-corrected chi connectivity index (χ2v) is 7.67. The topological polar surface area (TPSA) is 53.1 Å². The zero-order valence-electron chi connectivity index (χ0n) is 15.7. The van der Waals surface area contributed by atoms with Crippen LogP contribution in [0.5, 0.6) is 0 Å². The summed E-state index contributed by atoms with van der Waals surface area (Å²) in [5.74, 6) is 1.41. The third-order valence-electron chi connectivity index (χ3n) is 5.14. The van der Waals surface area contributed by atoms with Crippen LogP contribution in [0.1, 0.15) is 33.1 Å². The first kappa shape index (κ1) is 19.2. The van der Waals surface area contributed by atoms with Crippen molar-refractivity contribution in [3.05, 3.63) is 0 Å². The van der Waals surface area contributed by atoms with Crippen molar-refractivity contribution in [2.24, 2.45) is 11.8 Å². The van der Waals surface area contributed by atoms with Crippen LogP contribution >= 0.6 is 0 Å². The molecule has 138 valence electrons. The number of piperidine rings is 2. The third kappa shape index (κ3) is 4.93. The predicted octanol–water partition coefficient (Wildman–Crippen LogP) is 1.06. The summed E-state index contributed by atoms with van der Waals surface area (Å²) in [5, 5.41) is 0. The second kappa shape index (κ2) is 8.81. The molecule has 0 N–H and O–H groups in total. The quantitative estimate of drug-likeness (QED) is 0.696. The molecule has 2 fully saturated rings. The van der Waals surface area contributed by atoms with Crippen molar-refractivity contribution < 1.29 is 14.3 Å². The van der Waals surface area contributed by atoms with E-state index in [0.717, 1.165) is 39.0 Å². The maximum absolute atomic E-state index is 12.5. The van der Waals surface area contributed by atoms with Gasteiger partial charge in [-0.25, -0.2) is 0 Å². The van der Waals surface area contributed by atoms with E-state index in [9.17, 15) is 9.59 Å². The molecule has 24 heavy (non-hydrogen) atoms. The number of hydrogen-bond donors (Lipinski definition) is 0. The summed E-state index contributed by atoms with van der Waals surface area (Å²) < 4.78 is 5.06. The van der Waals surface area contributed by atoms with E-state index in [-0.39, 0.29) is 5.91 Å². The van der Waals surface area contributed by atoms with Gasteiger partial charge in [0.2, 0.25) is 11.8 Å². The van der Waals surface area contributed by atoms with Gasteiger partial charge in [0, 0.05) is 45.8 Å². The minimum atomic E-state index is 0.194. The number of amides is 2. The number of carbonyl (C=O) groups excluding carboxylic acids is 2. The number of methoxy groups -OCH3 is 1. The van der Waals surface area contributed by atoms with E-state index in [0.29, 0.717) is 43.4 Å². The fraction of sp³-hybridized carbons (Fsp3) is 0.889. The van der Waals surface area contributed by atoms with Gasteiger partial charge >= 0.3 is 0 Å². The number of fused-ring (bicyclic) bond motifs is 1. The fourth-order valence-corrected chi connectivity index (χ4v) is 3.87. The van der Waals surface area contributed by atoms with Crippen molar-refractivity contribution in [2.75, 3.05) is 53.5 Å². The number of hydrogen-bond acceptors (Lipinski definition) is 4. The summed E-state index contributed by atoms with van der Waals surface area (Å²) >= 11 is 0. The number of rotatable bonds is 7. The Kier molecular flexibility index (Phi) is 7.04. The van der Waals surface area contributed by atoms with Gasteiger partial charge in [0.15, 0.2) is 0 Å². The van der Waals surface area contributed by atoms with Gasteiger partial charge in [0.25, 0.3) is 0 Å². The lowest BCUT2D eigenvalue weighted by atomic mass is 9.83. The lowest BCUT2D eigenvalue weighted by Gasteiger charge is -2.47. The van der Waals surface area contributed by atoms with Crippen LogP contribution < -0.4 is 0 Å². The Labute approximate surface area is 146 Å². The molecular weight excluding hydrogens is 306 g/mol. The highest BCUT2D eigenvalue weighted by molar-refractivity contribution is 5.79. The Bertz CT molecular complexity index is 441. The monoisotopic (exact) mass is 339 g/mol. The van der Waals surface area contributed by atoms with Crippen molar-refractivity contribution in [1.29, 1.82) is 0 Å².